The molecule has 2 aliphatic rings. The minimum absolute atomic E-state index is 0.0256. The normalized spacial score (nSPS) is 25.3. The van der Waals surface area contributed by atoms with Crippen LogP contribution in [0, 0.1) is 5.41 Å². The van der Waals surface area contributed by atoms with Gasteiger partial charge in [0.1, 0.15) is 0 Å². The second-order valence-electron chi connectivity index (χ2n) is 6.38. The molecule has 0 radical (unpaired) electrons. The number of aliphatic hydroxyl groups excluding tert-OH is 1. The van der Waals surface area contributed by atoms with Crippen molar-refractivity contribution >= 4 is 5.91 Å². The summed E-state index contributed by atoms with van der Waals surface area (Å²) in [6.07, 6.45) is 1.42. The van der Waals surface area contributed by atoms with Gasteiger partial charge in [0.2, 0.25) is 12.7 Å². The molecule has 0 saturated heterocycles. The fourth-order valence-electron chi connectivity index (χ4n) is 2.77. The number of benzene rings is 1. The number of hydrogen-bond donors (Lipinski definition) is 2. The highest BCUT2D eigenvalue weighted by molar-refractivity contribution is 5.76. The van der Waals surface area contributed by atoms with Gasteiger partial charge in [-0.05, 0) is 30.5 Å². The van der Waals surface area contributed by atoms with Crippen LogP contribution >= 0.6 is 0 Å². The number of carbonyl (C=O) groups excluding carboxylic acids is 1. The van der Waals surface area contributed by atoms with E-state index in [1.807, 2.05) is 32.0 Å². The molecule has 1 fully saturated rings. The number of fused-ring (bicyclic) bond motifs is 1. The molecule has 21 heavy (non-hydrogen) atoms. The first-order chi connectivity index (χ1) is 9.96. The zero-order valence-corrected chi connectivity index (χ0v) is 12.4. The lowest BCUT2D eigenvalue weighted by Crippen LogP contribution is -2.61. The average Bonchev–Trinajstić information content (AvgIpc) is 2.92. The standard InChI is InChI=1S/C16H21NO4/c1-16(2)13(8-14(16)18)17-15(19)6-4-10-3-5-11-12(7-10)21-9-20-11/h3,5,7,13-14,18H,4,6,8-9H2,1-2H3,(H,17,19). The lowest BCUT2D eigenvalue weighted by atomic mass is 9.64. The van der Waals surface area contributed by atoms with E-state index in [-0.39, 0.29) is 30.3 Å². The van der Waals surface area contributed by atoms with Crippen molar-refractivity contribution in [1.82, 2.24) is 5.32 Å². The monoisotopic (exact) mass is 291 g/mol. The van der Waals surface area contributed by atoms with Crippen molar-refractivity contribution in [3.63, 3.8) is 0 Å². The quantitative estimate of drug-likeness (QED) is 0.884. The van der Waals surface area contributed by atoms with Crippen LogP contribution in [0.15, 0.2) is 18.2 Å². The molecule has 114 valence electrons. The van der Waals surface area contributed by atoms with Crippen LogP contribution in [-0.4, -0.2) is 30.0 Å². The maximum Gasteiger partial charge on any atom is 0.231 e. The first-order valence-corrected chi connectivity index (χ1v) is 7.33. The Morgan fingerprint density at radius 2 is 2.14 bits per heavy atom. The highest BCUT2D eigenvalue weighted by atomic mass is 16.7. The fourth-order valence-corrected chi connectivity index (χ4v) is 2.77. The summed E-state index contributed by atoms with van der Waals surface area (Å²) in [4.78, 5) is 12.0. The van der Waals surface area contributed by atoms with Gasteiger partial charge in [0.05, 0.1) is 6.10 Å². The zero-order valence-electron chi connectivity index (χ0n) is 12.4. The number of carbonyl (C=O) groups is 1. The minimum Gasteiger partial charge on any atom is -0.454 e. The second-order valence-corrected chi connectivity index (χ2v) is 6.38. The van der Waals surface area contributed by atoms with E-state index in [1.54, 1.807) is 0 Å². The number of hydrogen-bond acceptors (Lipinski definition) is 4. The van der Waals surface area contributed by atoms with E-state index in [2.05, 4.69) is 5.32 Å². The third kappa shape index (κ3) is 2.70. The maximum absolute atomic E-state index is 12.0. The van der Waals surface area contributed by atoms with Gasteiger partial charge in [0, 0.05) is 17.9 Å². The smallest absolute Gasteiger partial charge is 0.231 e. The summed E-state index contributed by atoms with van der Waals surface area (Å²) in [5, 5.41) is 12.7. The van der Waals surface area contributed by atoms with E-state index in [9.17, 15) is 9.90 Å². The number of aliphatic hydroxyl groups is 1. The van der Waals surface area contributed by atoms with Crippen molar-refractivity contribution in [1.29, 1.82) is 0 Å². The van der Waals surface area contributed by atoms with Gasteiger partial charge in [-0.25, -0.2) is 0 Å². The Balaban J connectivity index is 1.50. The van der Waals surface area contributed by atoms with E-state index in [0.717, 1.165) is 17.1 Å². The van der Waals surface area contributed by atoms with Gasteiger partial charge in [0.15, 0.2) is 11.5 Å². The largest absolute Gasteiger partial charge is 0.454 e. The lowest BCUT2D eigenvalue weighted by molar-refractivity contribution is -0.129. The van der Waals surface area contributed by atoms with Crippen LogP contribution in [-0.2, 0) is 11.2 Å². The van der Waals surface area contributed by atoms with E-state index >= 15 is 0 Å². The third-order valence-corrected chi connectivity index (χ3v) is 4.63. The highest BCUT2D eigenvalue weighted by Gasteiger charge is 2.47. The fraction of sp³-hybridized carbons (Fsp3) is 0.562. The van der Waals surface area contributed by atoms with Gasteiger partial charge in [-0.1, -0.05) is 19.9 Å². The molecule has 5 heteroatoms. The van der Waals surface area contributed by atoms with E-state index < -0.39 is 0 Å². The van der Waals surface area contributed by atoms with Crippen molar-refractivity contribution in [3.05, 3.63) is 23.8 Å². The molecule has 2 unspecified atom stereocenters. The van der Waals surface area contributed by atoms with Crippen molar-refractivity contribution < 1.29 is 19.4 Å². The van der Waals surface area contributed by atoms with Crippen molar-refractivity contribution in [2.24, 2.45) is 5.41 Å². The number of rotatable bonds is 4. The van der Waals surface area contributed by atoms with Crippen LogP contribution in [0.4, 0.5) is 0 Å². The van der Waals surface area contributed by atoms with Gasteiger partial charge < -0.3 is 19.9 Å². The molecule has 0 aromatic heterocycles. The number of ether oxygens (including phenoxy) is 2. The molecular weight excluding hydrogens is 270 g/mol. The maximum atomic E-state index is 12.0. The molecule has 1 heterocycles. The summed E-state index contributed by atoms with van der Waals surface area (Å²) in [5.41, 5.74) is 0.830. The molecule has 2 atom stereocenters. The first kappa shape index (κ1) is 14.2. The SMILES string of the molecule is CC1(C)C(O)CC1NC(=O)CCc1ccc2c(c1)OCO2. The van der Waals surface area contributed by atoms with Crippen LogP contribution in [0.25, 0.3) is 0 Å². The topological polar surface area (TPSA) is 67.8 Å². The lowest BCUT2D eigenvalue weighted by Gasteiger charge is -2.49. The molecule has 1 aliphatic carbocycles. The van der Waals surface area contributed by atoms with Crippen molar-refractivity contribution in [2.45, 2.75) is 45.3 Å². The van der Waals surface area contributed by atoms with E-state index in [1.165, 1.54) is 0 Å². The van der Waals surface area contributed by atoms with Gasteiger partial charge in [-0.15, -0.1) is 0 Å². The van der Waals surface area contributed by atoms with Crippen LogP contribution < -0.4 is 14.8 Å². The Hall–Kier alpha value is -1.75. The molecule has 0 spiro atoms. The third-order valence-electron chi connectivity index (χ3n) is 4.63. The second kappa shape index (κ2) is 5.22. The summed E-state index contributed by atoms with van der Waals surface area (Å²) in [5.74, 6) is 1.53. The van der Waals surface area contributed by atoms with E-state index in [4.69, 9.17) is 9.47 Å². The summed E-state index contributed by atoms with van der Waals surface area (Å²) in [6.45, 7) is 4.21. The van der Waals surface area contributed by atoms with Crippen molar-refractivity contribution in [3.8, 4) is 11.5 Å². The Kier molecular flexibility index (Phi) is 3.53. The number of amides is 1. The molecule has 2 N–H and O–H groups in total. The van der Waals surface area contributed by atoms with Gasteiger partial charge in [0.25, 0.3) is 0 Å². The van der Waals surface area contributed by atoms with Gasteiger partial charge in [-0.2, -0.15) is 0 Å². The predicted octanol–water partition coefficient (Wildman–Crippen LogP) is 1.62. The molecule has 1 aromatic rings. The van der Waals surface area contributed by atoms with Crippen LogP contribution in [0.3, 0.4) is 0 Å². The highest BCUT2D eigenvalue weighted by Crippen LogP contribution is 2.40. The van der Waals surface area contributed by atoms with Gasteiger partial charge in [-0.3, -0.25) is 4.79 Å². The molecule has 1 aliphatic heterocycles. The number of aryl methyl sites for hydroxylation is 1. The average molecular weight is 291 g/mol. The molecule has 1 aromatic carbocycles. The first-order valence-electron chi connectivity index (χ1n) is 7.33. The predicted molar refractivity (Wildman–Crippen MR) is 77.2 cm³/mol. The summed E-state index contributed by atoms with van der Waals surface area (Å²) >= 11 is 0. The van der Waals surface area contributed by atoms with E-state index in [0.29, 0.717) is 19.3 Å². The number of nitrogens with one attached hydrogen (secondary N) is 1. The molecule has 5 nitrogen and oxygen atoms in total. The minimum atomic E-state index is -0.323. The molecule has 1 saturated carbocycles. The Morgan fingerprint density at radius 1 is 1.38 bits per heavy atom. The Bertz CT molecular complexity index is 555. The van der Waals surface area contributed by atoms with Crippen molar-refractivity contribution in [2.75, 3.05) is 6.79 Å². The zero-order chi connectivity index (χ0) is 15.0. The molecular formula is C16H21NO4. The van der Waals surface area contributed by atoms with Crippen LogP contribution in [0.1, 0.15) is 32.3 Å². The van der Waals surface area contributed by atoms with Crippen LogP contribution in [0.5, 0.6) is 11.5 Å². The van der Waals surface area contributed by atoms with Gasteiger partial charge >= 0.3 is 0 Å². The summed E-state index contributed by atoms with van der Waals surface area (Å²) in [7, 11) is 0. The summed E-state index contributed by atoms with van der Waals surface area (Å²) in [6, 6.07) is 5.82. The molecule has 0 bridgehead atoms. The molecule has 1 amide bonds. The Morgan fingerprint density at radius 3 is 2.86 bits per heavy atom. The summed E-state index contributed by atoms with van der Waals surface area (Å²) < 4.78 is 10.6. The molecule has 3 rings (SSSR count). The Labute approximate surface area is 124 Å². The van der Waals surface area contributed by atoms with Crippen LogP contribution in [0.2, 0.25) is 0 Å².